The molecule has 4 heteroatoms. The van der Waals surface area contributed by atoms with Crippen molar-refractivity contribution in [2.24, 2.45) is 17.8 Å². The van der Waals surface area contributed by atoms with E-state index in [9.17, 15) is 4.79 Å². The first-order chi connectivity index (χ1) is 9.81. The van der Waals surface area contributed by atoms with E-state index >= 15 is 0 Å². The van der Waals surface area contributed by atoms with E-state index in [0.29, 0.717) is 11.9 Å². The molecule has 3 fully saturated rings. The Morgan fingerprint density at radius 1 is 1.00 bits per heavy atom. The summed E-state index contributed by atoms with van der Waals surface area (Å²) in [6, 6.07) is 0.481. The molecule has 3 aliphatic rings. The molecule has 2 N–H and O–H groups in total. The molecule has 1 aliphatic heterocycles. The molecule has 21 heavy (non-hydrogen) atoms. The molecule has 1 amide bonds. The molecule has 0 spiro atoms. The smallest absolute Gasteiger partial charge is 0.220 e. The molecular formula is C17H31ClN2O. The average Bonchev–Trinajstić information content (AvgIpc) is 2.94. The highest BCUT2D eigenvalue weighted by atomic mass is 35.5. The molecule has 3 nitrogen and oxygen atoms in total. The van der Waals surface area contributed by atoms with Gasteiger partial charge in [0, 0.05) is 12.5 Å². The summed E-state index contributed by atoms with van der Waals surface area (Å²) < 4.78 is 0. The van der Waals surface area contributed by atoms with Gasteiger partial charge in [0.1, 0.15) is 0 Å². The van der Waals surface area contributed by atoms with E-state index in [1.165, 1.54) is 51.4 Å². The summed E-state index contributed by atoms with van der Waals surface area (Å²) in [5.41, 5.74) is 0. The molecule has 0 aromatic heterocycles. The Balaban J connectivity index is 0.00000161. The Kier molecular flexibility index (Phi) is 6.81. The molecule has 0 bridgehead atoms. The molecule has 0 aromatic rings. The average molecular weight is 315 g/mol. The molecule has 0 radical (unpaired) electrons. The quantitative estimate of drug-likeness (QED) is 0.836. The Morgan fingerprint density at radius 3 is 2.57 bits per heavy atom. The van der Waals surface area contributed by atoms with E-state index in [4.69, 9.17) is 0 Å². The van der Waals surface area contributed by atoms with Crippen LogP contribution in [0.15, 0.2) is 0 Å². The van der Waals surface area contributed by atoms with Crippen LogP contribution in [0.25, 0.3) is 0 Å². The third-order valence-electron chi connectivity index (χ3n) is 5.89. The van der Waals surface area contributed by atoms with Crippen LogP contribution in [0.2, 0.25) is 0 Å². The van der Waals surface area contributed by atoms with Crippen LogP contribution in [-0.2, 0) is 4.79 Å². The normalized spacial score (nSPS) is 33.0. The van der Waals surface area contributed by atoms with Crippen LogP contribution in [-0.4, -0.2) is 25.0 Å². The monoisotopic (exact) mass is 314 g/mol. The molecule has 2 aliphatic carbocycles. The van der Waals surface area contributed by atoms with Crippen LogP contribution in [0.5, 0.6) is 0 Å². The van der Waals surface area contributed by atoms with Crippen LogP contribution in [0.4, 0.5) is 0 Å². The summed E-state index contributed by atoms with van der Waals surface area (Å²) in [4.78, 5) is 12.1. The van der Waals surface area contributed by atoms with Crippen molar-refractivity contribution < 1.29 is 4.79 Å². The zero-order chi connectivity index (χ0) is 13.8. The van der Waals surface area contributed by atoms with Gasteiger partial charge in [0.2, 0.25) is 5.91 Å². The van der Waals surface area contributed by atoms with Crippen molar-refractivity contribution in [3.8, 4) is 0 Å². The zero-order valence-electron chi connectivity index (χ0n) is 13.1. The highest BCUT2D eigenvalue weighted by molar-refractivity contribution is 5.85. The summed E-state index contributed by atoms with van der Waals surface area (Å²) in [7, 11) is 0. The first kappa shape index (κ1) is 17.1. The molecule has 2 saturated carbocycles. The minimum atomic E-state index is 0. The lowest BCUT2D eigenvalue weighted by Gasteiger charge is -2.32. The van der Waals surface area contributed by atoms with Gasteiger partial charge in [-0.3, -0.25) is 4.79 Å². The minimum absolute atomic E-state index is 0. The van der Waals surface area contributed by atoms with Crippen molar-refractivity contribution in [1.29, 1.82) is 0 Å². The van der Waals surface area contributed by atoms with Gasteiger partial charge >= 0.3 is 0 Å². The van der Waals surface area contributed by atoms with Crippen LogP contribution >= 0.6 is 12.4 Å². The Morgan fingerprint density at radius 2 is 1.76 bits per heavy atom. The maximum atomic E-state index is 12.1. The lowest BCUT2D eigenvalue weighted by Crippen LogP contribution is -2.40. The predicted octanol–water partition coefficient (Wildman–Crippen LogP) is 3.27. The Bertz CT molecular complexity index is 331. The van der Waals surface area contributed by atoms with Crippen LogP contribution < -0.4 is 10.6 Å². The molecule has 3 unspecified atom stereocenters. The van der Waals surface area contributed by atoms with Crippen LogP contribution in [0, 0.1) is 17.8 Å². The second-order valence-electron chi connectivity index (χ2n) is 7.26. The van der Waals surface area contributed by atoms with Gasteiger partial charge in [-0.15, -0.1) is 12.4 Å². The van der Waals surface area contributed by atoms with E-state index in [-0.39, 0.29) is 12.4 Å². The second-order valence-corrected chi connectivity index (χ2v) is 7.26. The minimum Gasteiger partial charge on any atom is -0.353 e. The van der Waals surface area contributed by atoms with Crippen molar-refractivity contribution in [1.82, 2.24) is 10.6 Å². The van der Waals surface area contributed by atoms with E-state index in [1.54, 1.807) is 0 Å². The van der Waals surface area contributed by atoms with E-state index in [0.717, 1.165) is 43.7 Å². The number of hydrogen-bond acceptors (Lipinski definition) is 2. The van der Waals surface area contributed by atoms with Crippen molar-refractivity contribution in [2.45, 2.75) is 70.3 Å². The first-order valence-corrected chi connectivity index (χ1v) is 8.81. The SMILES string of the molecule is Cl.O=C(CCC1CCNCC1)NC1CCC2CCCC2C1. The fourth-order valence-electron chi connectivity index (χ4n) is 4.64. The predicted molar refractivity (Wildman–Crippen MR) is 88.7 cm³/mol. The number of carbonyl (C=O) groups excluding carboxylic acids is 1. The lowest BCUT2D eigenvalue weighted by atomic mass is 9.79. The van der Waals surface area contributed by atoms with Gasteiger partial charge in [0.15, 0.2) is 0 Å². The van der Waals surface area contributed by atoms with Crippen LogP contribution in [0.1, 0.15) is 64.2 Å². The van der Waals surface area contributed by atoms with Gasteiger partial charge in [0.05, 0.1) is 0 Å². The maximum Gasteiger partial charge on any atom is 0.220 e. The Labute approximate surface area is 135 Å². The standard InChI is InChI=1S/C17H30N2O.ClH/c20-17(7-4-13-8-10-18-11-9-13)19-16-6-5-14-2-1-3-15(14)12-16;/h13-16,18H,1-12H2,(H,19,20);1H. The summed E-state index contributed by atoms with van der Waals surface area (Å²) in [5.74, 6) is 2.98. The summed E-state index contributed by atoms with van der Waals surface area (Å²) in [6.07, 6.45) is 12.4. The number of rotatable bonds is 4. The van der Waals surface area contributed by atoms with Gasteiger partial charge in [-0.1, -0.05) is 19.3 Å². The highest BCUT2D eigenvalue weighted by Crippen LogP contribution is 2.42. The molecular weight excluding hydrogens is 284 g/mol. The Hall–Kier alpha value is -0.280. The summed E-state index contributed by atoms with van der Waals surface area (Å²) in [5, 5.41) is 6.71. The molecule has 0 aromatic carbocycles. The van der Waals surface area contributed by atoms with Crippen molar-refractivity contribution >= 4 is 18.3 Å². The third kappa shape index (κ3) is 4.85. The molecule has 1 heterocycles. The van der Waals surface area contributed by atoms with Crippen molar-refractivity contribution in [3.63, 3.8) is 0 Å². The van der Waals surface area contributed by atoms with Crippen molar-refractivity contribution in [2.75, 3.05) is 13.1 Å². The van der Waals surface area contributed by atoms with Gasteiger partial charge in [-0.25, -0.2) is 0 Å². The molecule has 1 saturated heterocycles. The molecule has 122 valence electrons. The van der Waals surface area contributed by atoms with Crippen molar-refractivity contribution in [3.05, 3.63) is 0 Å². The summed E-state index contributed by atoms with van der Waals surface area (Å²) in [6.45, 7) is 2.27. The number of hydrogen-bond donors (Lipinski definition) is 2. The van der Waals surface area contributed by atoms with E-state index in [2.05, 4.69) is 10.6 Å². The number of fused-ring (bicyclic) bond motifs is 1. The van der Waals surface area contributed by atoms with Gasteiger partial charge in [0.25, 0.3) is 0 Å². The second kappa shape index (κ2) is 8.38. The molecule has 3 rings (SSSR count). The number of carbonyl (C=O) groups is 1. The summed E-state index contributed by atoms with van der Waals surface area (Å²) >= 11 is 0. The lowest BCUT2D eigenvalue weighted by molar-refractivity contribution is -0.122. The van der Waals surface area contributed by atoms with Gasteiger partial charge in [-0.05, 0) is 69.4 Å². The first-order valence-electron chi connectivity index (χ1n) is 8.81. The van der Waals surface area contributed by atoms with E-state index in [1.807, 2.05) is 0 Å². The number of nitrogens with one attached hydrogen (secondary N) is 2. The third-order valence-corrected chi connectivity index (χ3v) is 5.89. The fourth-order valence-corrected chi connectivity index (χ4v) is 4.64. The van der Waals surface area contributed by atoms with E-state index < -0.39 is 0 Å². The molecule has 3 atom stereocenters. The largest absolute Gasteiger partial charge is 0.353 e. The van der Waals surface area contributed by atoms with Gasteiger partial charge in [-0.2, -0.15) is 0 Å². The maximum absolute atomic E-state index is 12.1. The van der Waals surface area contributed by atoms with Gasteiger partial charge < -0.3 is 10.6 Å². The van der Waals surface area contributed by atoms with Crippen LogP contribution in [0.3, 0.4) is 0 Å². The number of piperidine rings is 1. The fraction of sp³-hybridized carbons (Fsp3) is 0.941. The number of amides is 1. The number of halogens is 1. The zero-order valence-corrected chi connectivity index (χ0v) is 13.9. The topological polar surface area (TPSA) is 41.1 Å². The highest BCUT2D eigenvalue weighted by Gasteiger charge is 2.34.